The van der Waals surface area contributed by atoms with Crippen LogP contribution < -0.4 is 10.9 Å². The summed E-state index contributed by atoms with van der Waals surface area (Å²) in [5.74, 6) is 0.361. The zero-order chi connectivity index (χ0) is 24.0. The number of rotatable bonds is 4. The molecule has 172 valence electrons. The summed E-state index contributed by atoms with van der Waals surface area (Å²) in [5, 5.41) is 3.03. The molecule has 1 atom stereocenters. The lowest BCUT2D eigenvalue weighted by molar-refractivity contribution is -0.136. The molecule has 1 N–H and O–H groups in total. The van der Waals surface area contributed by atoms with Gasteiger partial charge in [0.05, 0.1) is 22.5 Å². The number of para-hydroxylation sites is 1. The Balaban J connectivity index is 1.74. The van der Waals surface area contributed by atoms with Crippen molar-refractivity contribution in [3.05, 3.63) is 87.0 Å². The average molecular weight is 502 g/mol. The third-order valence-corrected chi connectivity index (χ3v) is 6.25. The third-order valence-electron chi connectivity index (χ3n) is 5.36. The molecule has 6 nitrogen and oxygen atoms in total. The van der Waals surface area contributed by atoms with E-state index in [-0.39, 0.29) is 16.1 Å². The highest BCUT2D eigenvalue weighted by Gasteiger charge is 2.34. The van der Waals surface area contributed by atoms with Gasteiger partial charge >= 0.3 is 6.18 Å². The molecule has 0 radical (unpaired) electrons. The lowest BCUT2D eigenvalue weighted by atomic mass is 10.0. The fourth-order valence-corrected chi connectivity index (χ4v) is 4.77. The molecule has 3 aromatic heterocycles. The summed E-state index contributed by atoms with van der Waals surface area (Å²) in [6.07, 6.45) is -4.67. The van der Waals surface area contributed by atoms with E-state index in [0.29, 0.717) is 27.5 Å². The van der Waals surface area contributed by atoms with Crippen LogP contribution in [0.5, 0.6) is 0 Å². The fourth-order valence-electron chi connectivity index (χ4n) is 3.90. The molecule has 0 saturated heterocycles. The number of alkyl halides is 3. The molecule has 0 fully saturated rings. The van der Waals surface area contributed by atoms with Gasteiger partial charge in [-0.3, -0.25) is 9.36 Å². The highest BCUT2D eigenvalue weighted by Crippen LogP contribution is 2.35. The van der Waals surface area contributed by atoms with Crippen molar-refractivity contribution in [1.82, 2.24) is 19.5 Å². The van der Waals surface area contributed by atoms with E-state index >= 15 is 0 Å². The monoisotopic (exact) mass is 501 g/mol. The maximum absolute atomic E-state index is 13.7. The Kier molecular flexibility index (Phi) is 5.49. The summed E-state index contributed by atoms with van der Waals surface area (Å²) < 4.78 is 42.5. The Morgan fingerprint density at radius 1 is 1.09 bits per heavy atom. The smallest absolute Gasteiger partial charge is 0.360 e. The number of anilines is 1. The molecule has 0 amide bonds. The van der Waals surface area contributed by atoms with Crippen molar-refractivity contribution >= 4 is 49.9 Å². The van der Waals surface area contributed by atoms with E-state index in [2.05, 4.69) is 20.3 Å². The van der Waals surface area contributed by atoms with Crippen LogP contribution in [0.3, 0.4) is 0 Å². The van der Waals surface area contributed by atoms with Gasteiger partial charge in [0, 0.05) is 11.4 Å². The molecule has 3 heterocycles. The predicted molar refractivity (Wildman–Crippen MR) is 127 cm³/mol. The van der Waals surface area contributed by atoms with Crippen LogP contribution in [0.4, 0.5) is 19.0 Å². The summed E-state index contributed by atoms with van der Waals surface area (Å²) in [4.78, 5) is 26.8. The fraction of sp³-hybridized carbons (Fsp3) is 0.130. The second kappa shape index (κ2) is 8.37. The van der Waals surface area contributed by atoms with Crippen LogP contribution >= 0.6 is 22.9 Å². The van der Waals surface area contributed by atoms with Gasteiger partial charge in [-0.05, 0) is 48.2 Å². The number of benzene rings is 2. The van der Waals surface area contributed by atoms with Gasteiger partial charge in [-0.2, -0.15) is 18.2 Å². The largest absolute Gasteiger partial charge is 0.417 e. The summed E-state index contributed by atoms with van der Waals surface area (Å²) in [6, 6.07) is 13.3. The summed E-state index contributed by atoms with van der Waals surface area (Å²) in [7, 11) is 0. The van der Waals surface area contributed by atoms with E-state index in [1.165, 1.54) is 28.0 Å². The van der Waals surface area contributed by atoms with Crippen molar-refractivity contribution in [3.8, 4) is 5.69 Å². The quantitative estimate of drug-likeness (QED) is 0.295. The van der Waals surface area contributed by atoms with E-state index in [0.717, 1.165) is 6.07 Å². The Morgan fingerprint density at radius 2 is 1.85 bits per heavy atom. The number of halogens is 4. The maximum atomic E-state index is 13.7. The van der Waals surface area contributed by atoms with Crippen LogP contribution in [0.25, 0.3) is 26.8 Å². The Hall–Kier alpha value is -3.50. The summed E-state index contributed by atoms with van der Waals surface area (Å²) >= 11 is 7.35. The standard InChI is InChI=1S/C23H15ClF3N5OS/c1-12(29-19-18-20(34-11-28-18)31-22(24)30-19)16-10-13-6-5-9-15(23(25,26)27)17(13)21(33)32(16)14-7-3-2-4-8-14/h2-12H,1H3,(H,29,30,31)/t12-/m0/s1. The molecular formula is C23H15ClF3N5OS. The molecule has 0 saturated carbocycles. The van der Waals surface area contributed by atoms with Gasteiger partial charge in [0.2, 0.25) is 5.28 Å². The van der Waals surface area contributed by atoms with Crippen molar-refractivity contribution in [2.45, 2.75) is 19.1 Å². The van der Waals surface area contributed by atoms with Crippen LogP contribution in [0.1, 0.15) is 24.2 Å². The Morgan fingerprint density at radius 3 is 2.59 bits per heavy atom. The number of hydrogen-bond acceptors (Lipinski definition) is 6. The van der Waals surface area contributed by atoms with Gasteiger partial charge in [0.25, 0.3) is 5.56 Å². The maximum Gasteiger partial charge on any atom is 0.417 e. The highest BCUT2D eigenvalue weighted by atomic mass is 35.5. The first-order valence-electron chi connectivity index (χ1n) is 10.1. The second-order valence-electron chi connectivity index (χ2n) is 7.53. The van der Waals surface area contributed by atoms with E-state index in [9.17, 15) is 18.0 Å². The molecule has 34 heavy (non-hydrogen) atoms. The number of aromatic nitrogens is 4. The highest BCUT2D eigenvalue weighted by molar-refractivity contribution is 7.16. The van der Waals surface area contributed by atoms with Crippen molar-refractivity contribution < 1.29 is 13.2 Å². The molecule has 0 aliphatic rings. The van der Waals surface area contributed by atoms with E-state index in [1.54, 1.807) is 48.8 Å². The SMILES string of the molecule is C[C@H](Nc1nc(Cl)nc2scnc12)c1cc2cccc(C(F)(F)F)c2c(=O)n1-c1ccccc1. The first-order valence-corrected chi connectivity index (χ1v) is 11.3. The number of hydrogen-bond donors (Lipinski definition) is 1. The molecule has 2 aromatic carbocycles. The number of nitrogens with zero attached hydrogens (tertiary/aromatic N) is 4. The van der Waals surface area contributed by atoms with Crippen LogP contribution in [-0.2, 0) is 6.18 Å². The Bertz CT molecular complexity index is 1580. The normalized spacial score (nSPS) is 12.9. The van der Waals surface area contributed by atoms with Gasteiger partial charge in [0.15, 0.2) is 10.6 Å². The molecule has 0 bridgehead atoms. The summed E-state index contributed by atoms with van der Waals surface area (Å²) in [6.45, 7) is 1.78. The van der Waals surface area contributed by atoms with E-state index in [4.69, 9.17) is 11.6 Å². The zero-order valence-electron chi connectivity index (χ0n) is 17.5. The van der Waals surface area contributed by atoms with Crippen molar-refractivity contribution in [2.24, 2.45) is 0 Å². The number of thiazole rings is 1. The second-order valence-corrected chi connectivity index (χ2v) is 8.70. The Labute approximate surface area is 199 Å². The minimum Gasteiger partial charge on any atom is -0.360 e. The van der Waals surface area contributed by atoms with Crippen LogP contribution in [0.15, 0.2) is 64.9 Å². The van der Waals surface area contributed by atoms with Crippen molar-refractivity contribution in [2.75, 3.05) is 5.32 Å². The van der Waals surface area contributed by atoms with Gasteiger partial charge in [-0.25, -0.2) is 9.97 Å². The van der Waals surface area contributed by atoms with Gasteiger partial charge in [-0.15, -0.1) is 11.3 Å². The first kappa shape index (κ1) is 22.3. The molecule has 0 unspecified atom stereocenters. The topological polar surface area (TPSA) is 72.7 Å². The zero-order valence-corrected chi connectivity index (χ0v) is 19.0. The lowest BCUT2D eigenvalue weighted by Crippen LogP contribution is -2.27. The lowest BCUT2D eigenvalue weighted by Gasteiger charge is -2.22. The van der Waals surface area contributed by atoms with Crippen molar-refractivity contribution in [3.63, 3.8) is 0 Å². The van der Waals surface area contributed by atoms with Gasteiger partial charge < -0.3 is 5.32 Å². The molecule has 11 heteroatoms. The van der Waals surface area contributed by atoms with Gasteiger partial charge in [0.1, 0.15) is 5.52 Å². The van der Waals surface area contributed by atoms with E-state index < -0.39 is 23.3 Å². The van der Waals surface area contributed by atoms with E-state index in [1.807, 2.05) is 0 Å². The molecule has 0 aliphatic carbocycles. The summed E-state index contributed by atoms with van der Waals surface area (Å²) in [5.41, 5.74) is 1.27. The number of pyridine rings is 1. The molecule has 5 aromatic rings. The first-order chi connectivity index (χ1) is 16.2. The van der Waals surface area contributed by atoms with Gasteiger partial charge in [-0.1, -0.05) is 30.3 Å². The third kappa shape index (κ3) is 3.88. The number of fused-ring (bicyclic) bond motifs is 2. The van der Waals surface area contributed by atoms with Crippen molar-refractivity contribution in [1.29, 1.82) is 0 Å². The predicted octanol–water partition coefficient (Wildman–Crippen LogP) is 6.24. The molecule has 0 aliphatic heterocycles. The van der Waals surface area contributed by atoms with Crippen LogP contribution in [-0.4, -0.2) is 19.5 Å². The van der Waals surface area contributed by atoms with Crippen LogP contribution in [0, 0.1) is 0 Å². The molecular weight excluding hydrogens is 487 g/mol. The van der Waals surface area contributed by atoms with Crippen LogP contribution in [0.2, 0.25) is 5.28 Å². The number of nitrogens with one attached hydrogen (secondary N) is 1. The molecule has 0 spiro atoms. The minimum absolute atomic E-state index is 0.0280. The average Bonchev–Trinajstić information content (AvgIpc) is 3.27. The molecule has 5 rings (SSSR count). The minimum atomic E-state index is -4.67.